The van der Waals surface area contributed by atoms with Gasteiger partial charge in [-0.25, -0.2) is 0 Å². The molecule has 1 aromatic heterocycles. The predicted molar refractivity (Wildman–Crippen MR) is 86.0 cm³/mol. The summed E-state index contributed by atoms with van der Waals surface area (Å²) in [5, 5.41) is 0. The molecular formula is C19H23NO2. The molecule has 1 amide bonds. The maximum Gasteiger partial charge on any atom is 0.226 e. The minimum atomic E-state index is 0.187. The zero-order valence-electron chi connectivity index (χ0n) is 12.9. The van der Waals surface area contributed by atoms with Crippen molar-refractivity contribution in [2.24, 2.45) is 5.92 Å². The second-order valence-corrected chi connectivity index (χ2v) is 6.09. The van der Waals surface area contributed by atoms with E-state index in [1.165, 1.54) is 24.8 Å². The minimum Gasteiger partial charge on any atom is -0.467 e. The van der Waals surface area contributed by atoms with Gasteiger partial charge in [0.15, 0.2) is 0 Å². The Kier molecular flexibility index (Phi) is 4.94. The summed E-state index contributed by atoms with van der Waals surface area (Å²) in [7, 11) is 0. The van der Waals surface area contributed by atoms with Crippen LogP contribution in [0.3, 0.4) is 0 Å². The van der Waals surface area contributed by atoms with Gasteiger partial charge in [0.1, 0.15) is 5.76 Å². The summed E-state index contributed by atoms with van der Waals surface area (Å²) < 4.78 is 5.45. The molecule has 2 aromatic rings. The first-order valence-electron chi connectivity index (χ1n) is 8.18. The molecular weight excluding hydrogens is 274 g/mol. The molecule has 1 aliphatic rings. The van der Waals surface area contributed by atoms with Gasteiger partial charge in [0.05, 0.1) is 12.8 Å². The van der Waals surface area contributed by atoms with Crippen LogP contribution in [0, 0.1) is 5.92 Å². The summed E-state index contributed by atoms with van der Waals surface area (Å²) in [5.74, 6) is 1.31. The van der Waals surface area contributed by atoms with Gasteiger partial charge in [-0.3, -0.25) is 4.79 Å². The quantitative estimate of drug-likeness (QED) is 0.820. The van der Waals surface area contributed by atoms with Crippen molar-refractivity contribution in [2.45, 2.75) is 45.2 Å². The molecule has 0 spiro atoms. The first-order valence-corrected chi connectivity index (χ1v) is 8.18. The smallest absolute Gasteiger partial charge is 0.226 e. The summed E-state index contributed by atoms with van der Waals surface area (Å²) in [4.78, 5) is 14.9. The van der Waals surface area contributed by atoms with Crippen molar-refractivity contribution in [1.29, 1.82) is 0 Å². The third-order valence-electron chi connectivity index (χ3n) is 4.41. The number of carbonyl (C=O) groups excluding carboxylic acids is 1. The van der Waals surface area contributed by atoms with Crippen LogP contribution in [-0.2, 0) is 17.9 Å². The van der Waals surface area contributed by atoms with E-state index in [2.05, 4.69) is 12.1 Å². The van der Waals surface area contributed by atoms with E-state index >= 15 is 0 Å². The standard InChI is InChI=1S/C19H23NO2/c21-19(17-10-5-2-6-11-17)20(15-18-12-7-13-22-18)14-16-8-3-1-4-9-16/h1,3-4,7-9,12-13,17H,2,5-6,10-11,14-15H2. The van der Waals surface area contributed by atoms with Crippen molar-refractivity contribution in [1.82, 2.24) is 4.90 Å². The van der Waals surface area contributed by atoms with E-state index in [1.54, 1.807) is 6.26 Å². The van der Waals surface area contributed by atoms with Crippen LogP contribution in [0.15, 0.2) is 53.1 Å². The number of rotatable bonds is 5. The van der Waals surface area contributed by atoms with Crippen LogP contribution in [0.25, 0.3) is 0 Å². The molecule has 1 aromatic carbocycles. The fourth-order valence-corrected chi connectivity index (χ4v) is 3.21. The molecule has 1 saturated carbocycles. The van der Waals surface area contributed by atoms with E-state index in [0.717, 1.165) is 18.6 Å². The van der Waals surface area contributed by atoms with Gasteiger partial charge in [-0.2, -0.15) is 0 Å². The lowest BCUT2D eigenvalue weighted by Crippen LogP contribution is -2.36. The van der Waals surface area contributed by atoms with Gasteiger partial charge in [0, 0.05) is 12.5 Å². The van der Waals surface area contributed by atoms with Crippen molar-refractivity contribution < 1.29 is 9.21 Å². The summed E-state index contributed by atoms with van der Waals surface area (Å²) in [6.45, 7) is 1.20. The summed E-state index contributed by atoms with van der Waals surface area (Å²) in [6.07, 6.45) is 7.35. The lowest BCUT2D eigenvalue weighted by atomic mass is 9.88. The highest BCUT2D eigenvalue weighted by Gasteiger charge is 2.26. The van der Waals surface area contributed by atoms with E-state index in [-0.39, 0.29) is 11.8 Å². The Bertz CT molecular complexity index is 571. The molecule has 0 saturated heterocycles. The largest absolute Gasteiger partial charge is 0.467 e. The molecule has 0 radical (unpaired) electrons. The zero-order valence-corrected chi connectivity index (χ0v) is 12.9. The maximum atomic E-state index is 12.9. The van der Waals surface area contributed by atoms with Gasteiger partial charge in [0.2, 0.25) is 5.91 Å². The topological polar surface area (TPSA) is 33.5 Å². The summed E-state index contributed by atoms with van der Waals surface area (Å²) in [6, 6.07) is 14.0. The van der Waals surface area contributed by atoms with Crippen LogP contribution >= 0.6 is 0 Å². The molecule has 1 aliphatic carbocycles. The van der Waals surface area contributed by atoms with Crippen LogP contribution in [0.1, 0.15) is 43.4 Å². The molecule has 116 valence electrons. The molecule has 0 bridgehead atoms. The van der Waals surface area contributed by atoms with E-state index in [9.17, 15) is 4.79 Å². The van der Waals surface area contributed by atoms with Crippen molar-refractivity contribution in [3.8, 4) is 0 Å². The van der Waals surface area contributed by atoms with Gasteiger partial charge in [-0.1, -0.05) is 49.6 Å². The summed E-state index contributed by atoms with van der Waals surface area (Å²) >= 11 is 0. The van der Waals surface area contributed by atoms with E-state index < -0.39 is 0 Å². The monoisotopic (exact) mass is 297 g/mol. The molecule has 0 aliphatic heterocycles. The Morgan fingerprint density at radius 1 is 1.00 bits per heavy atom. The highest BCUT2D eigenvalue weighted by atomic mass is 16.3. The second-order valence-electron chi connectivity index (χ2n) is 6.09. The fourth-order valence-electron chi connectivity index (χ4n) is 3.21. The minimum absolute atomic E-state index is 0.187. The van der Waals surface area contributed by atoms with Crippen LogP contribution in [0.5, 0.6) is 0 Å². The normalized spacial score (nSPS) is 15.6. The molecule has 22 heavy (non-hydrogen) atoms. The maximum absolute atomic E-state index is 12.9. The van der Waals surface area contributed by atoms with Crippen LogP contribution in [0.4, 0.5) is 0 Å². The highest BCUT2D eigenvalue weighted by molar-refractivity contribution is 5.78. The molecule has 3 heteroatoms. The molecule has 0 unspecified atom stereocenters. The number of benzene rings is 1. The van der Waals surface area contributed by atoms with Crippen molar-refractivity contribution in [3.63, 3.8) is 0 Å². The lowest BCUT2D eigenvalue weighted by molar-refractivity contribution is -0.138. The van der Waals surface area contributed by atoms with Gasteiger partial charge in [-0.05, 0) is 30.5 Å². The number of hydrogen-bond donors (Lipinski definition) is 0. The number of carbonyl (C=O) groups is 1. The third kappa shape index (κ3) is 3.79. The van der Waals surface area contributed by atoms with E-state index in [1.807, 2.05) is 35.2 Å². The highest BCUT2D eigenvalue weighted by Crippen LogP contribution is 2.26. The van der Waals surface area contributed by atoms with Gasteiger partial charge in [0.25, 0.3) is 0 Å². The molecule has 3 rings (SSSR count). The third-order valence-corrected chi connectivity index (χ3v) is 4.41. The Hall–Kier alpha value is -2.03. The predicted octanol–water partition coefficient (Wildman–Crippen LogP) is 4.39. The molecule has 0 N–H and O–H groups in total. The van der Waals surface area contributed by atoms with Crippen molar-refractivity contribution >= 4 is 5.91 Å². The van der Waals surface area contributed by atoms with Gasteiger partial charge >= 0.3 is 0 Å². The van der Waals surface area contributed by atoms with Crippen LogP contribution < -0.4 is 0 Å². The molecule has 0 atom stereocenters. The SMILES string of the molecule is O=C(C1CCCCC1)N(Cc1ccccc1)Cc1ccco1. The van der Waals surface area contributed by atoms with Crippen molar-refractivity contribution in [2.75, 3.05) is 0 Å². The summed E-state index contributed by atoms with van der Waals surface area (Å²) in [5.41, 5.74) is 1.17. The Morgan fingerprint density at radius 2 is 1.77 bits per heavy atom. The van der Waals surface area contributed by atoms with E-state index in [4.69, 9.17) is 4.42 Å². The van der Waals surface area contributed by atoms with Crippen molar-refractivity contribution in [3.05, 3.63) is 60.1 Å². The lowest BCUT2D eigenvalue weighted by Gasteiger charge is -2.29. The first-order chi connectivity index (χ1) is 10.8. The van der Waals surface area contributed by atoms with Gasteiger partial charge in [-0.15, -0.1) is 0 Å². The number of amides is 1. The zero-order chi connectivity index (χ0) is 15.2. The number of nitrogens with zero attached hydrogens (tertiary/aromatic N) is 1. The molecule has 1 heterocycles. The second kappa shape index (κ2) is 7.30. The number of hydrogen-bond acceptors (Lipinski definition) is 2. The molecule has 3 nitrogen and oxygen atoms in total. The fraction of sp³-hybridized carbons (Fsp3) is 0.421. The van der Waals surface area contributed by atoms with Crippen LogP contribution in [0.2, 0.25) is 0 Å². The van der Waals surface area contributed by atoms with E-state index in [0.29, 0.717) is 13.1 Å². The Balaban J connectivity index is 1.74. The Labute approximate surface area is 131 Å². The first kappa shape index (κ1) is 14.9. The molecule has 1 fully saturated rings. The average Bonchev–Trinajstić information content (AvgIpc) is 3.08. The van der Waals surface area contributed by atoms with Crippen LogP contribution in [-0.4, -0.2) is 10.8 Å². The number of furan rings is 1. The van der Waals surface area contributed by atoms with Gasteiger partial charge < -0.3 is 9.32 Å². The average molecular weight is 297 g/mol. The Morgan fingerprint density at radius 3 is 2.45 bits per heavy atom.